The van der Waals surface area contributed by atoms with Gasteiger partial charge in [0.05, 0.1) is 11.4 Å². The number of hydrogen-bond acceptors (Lipinski definition) is 1. The highest BCUT2D eigenvalue weighted by atomic mass is 14.7. The molecule has 1 heteroatoms. The Morgan fingerprint density at radius 2 is 0.625 bits per heavy atom. The lowest BCUT2D eigenvalue weighted by molar-refractivity contribution is 0.936. The van der Waals surface area contributed by atoms with Gasteiger partial charge in [-0.15, -0.1) is 0 Å². The van der Waals surface area contributed by atoms with Gasteiger partial charge >= 0.3 is 0 Å². The third-order valence-electron chi connectivity index (χ3n) is 11.8. The van der Waals surface area contributed by atoms with Crippen LogP contribution in [0.1, 0.15) is 45.2 Å². The largest absolute Gasteiger partial charge is 0.248 e. The third kappa shape index (κ3) is 5.35. The lowest BCUT2D eigenvalue weighted by atomic mass is 9.79. The van der Waals surface area contributed by atoms with Crippen molar-refractivity contribution >= 4 is 0 Å². The maximum Gasteiger partial charge on any atom is 0.0712 e. The summed E-state index contributed by atoms with van der Waals surface area (Å²) in [5.74, 6) is 0.0647. The number of hydrogen-bond donors (Lipinski definition) is 0. The number of pyridine rings is 1. The van der Waals surface area contributed by atoms with Gasteiger partial charge in [-0.1, -0.05) is 194 Å². The SMILES string of the molecule is c1ccc(-c2cc(-c3ccccc3)cc(C3c4ccccc4-c4ccc5c(c43)C(c3cc(-c4ccccc4)nc(-c4ccccc4)c3)c3ccccc3-5)c2)cc1. The van der Waals surface area contributed by atoms with E-state index in [4.69, 9.17) is 4.98 Å². The van der Waals surface area contributed by atoms with Crippen molar-refractivity contribution in [2.75, 3.05) is 0 Å². The van der Waals surface area contributed by atoms with Crippen LogP contribution in [0.15, 0.2) is 212 Å². The molecule has 9 aromatic rings. The molecule has 0 amide bonds. The number of rotatable bonds is 6. The molecule has 0 bridgehead atoms. The van der Waals surface area contributed by atoms with Crippen molar-refractivity contribution in [3.63, 3.8) is 0 Å². The molecule has 2 aliphatic rings. The Kier molecular flexibility index (Phi) is 7.70. The monoisotopic (exact) mass is 711 g/mol. The molecule has 0 spiro atoms. The van der Waals surface area contributed by atoms with E-state index in [0.717, 1.165) is 22.5 Å². The van der Waals surface area contributed by atoms with Crippen molar-refractivity contribution < 1.29 is 0 Å². The molecule has 56 heavy (non-hydrogen) atoms. The maximum absolute atomic E-state index is 5.30. The van der Waals surface area contributed by atoms with E-state index in [2.05, 4.69) is 212 Å². The second kappa shape index (κ2) is 13.3. The van der Waals surface area contributed by atoms with Crippen LogP contribution in [0.3, 0.4) is 0 Å². The number of benzene rings is 8. The van der Waals surface area contributed by atoms with Gasteiger partial charge in [-0.3, -0.25) is 0 Å². The summed E-state index contributed by atoms with van der Waals surface area (Å²) in [5, 5.41) is 0. The van der Waals surface area contributed by atoms with E-state index in [-0.39, 0.29) is 11.8 Å². The molecule has 262 valence electrons. The van der Waals surface area contributed by atoms with Gasteiger partial charge in [-0.25, -0.2) is 4.98 Å². The van der Waals surface area contributed by atoms with E-state index in [1.54, 1.807) is 0 Å². The van der Waals surface area contributed by atoms with Gasteiger partial charge in [0.25, 0.3) is 0 Å². The Labute approximate surface area is 328 Å². The molecule has 0 fully saturated rings. The van der Waals surface area contributed by atoms with E-state index in [9.17, 15) is 0 Å². The van der Waals surface area contributed by atoms with E-state index in [0.29, 0.717) is 0 Å². The lowest BCUT2D eigenvalue weighted by Crippen LogP contribution is -2.08. The molecule has 2 atom stereocenters. The van der Waals surface area contributed by atoms with Gasteiger partial charge in [0.2, 0.25) is 0 Å². The molecule has 1 nitrogen and oxygen atoms in total. The molecule has 0 saturated heterocycles. The minimum absolute atomic E-state index is 0.0202. The topological polar surface area (TPSA) is 12.9 Å². The summed E-state index contributed by atoms with van der Waals surface area (Å²) in [6, 6.07) is 77.8. The fraction of sp³-hybridized carbons (Fsp3) is 0.0364. The molecular formula is C55H37N. The van der Waals surface area contributed by atoms with Gasteiger partial charge in [0.1, 0.15) is 0 Å². The number of fused-ring (bicyclic) bond motifs is 7. The summed E-state index contributed by atoms with van der Waals surface area (Å²) in [6.45, 7) is 0. The van der Waals surface area contributed by atoms with Gasteiger partial charge in [-0.2, -0.15) is 0 Å². The zero-order chi connectivity index (χ0) is 37.0. The summed E-state index contributed by atoms with van der Waals surface area (Å²) >= 11 is 0. The van der Waals surface area contributed by atoms with Crippen LogP contribution in [0.4, 0.5) is 0 Å². The quantitative estimate of drug-likeness (QED) is 0.167. The molecule has 0 radical (unpaired) electrons. The maximum atomic E-state index is 5.30. The Hall–Kier alpha value is -7.09. The minimum atomic E-state index is 0.0202. The molecule has 1 heterocycles. The van der Waals surface area contributed by atoms with Crippen LogP contribution in [0.2, 0.25) is 0 Å². The van der Waals surface area contributed by atoms with E-state index in [1.165, 1.54) is 77.9 Å². The second-order valence-corrected chi connectivity index (χ2v) is 15.0. The Morgan fingerprint density at radius 1 is 0.268 bits per heavy atom. The fourth-order valence-corrected chi connectivity index (χ4v) is 9.36. The van der Waals surface area contributed by atoms with Crippen molar-refractivity contribution in [1.29, 1.82) is 0 Å². The van der Waals surface area contributed by atoms with Crippen LogP contribution in [0.5, 0.6) is 0 Å². The molecule has 1 aromatic heterocycles. The highest BCUT2D eigenvalue weighted by molar-refractivity contribution is 5.92. The third-order valence-corrected chi connectivity index (χ3v) is 11.8. The average molecular weight is 712 g/mol. The zero-order valence-electron chi connectivity index (χ0n) is 30.8. The molecule has 0 aliphatic heterocycles. The standard InChI is InChI=1S/C55H37N/c1-5-17-36(18-6-1)40-31-41(37-19-7-2-8-20-37)33-42(32-40)52-46-27-15-13-25-44(46)48-29-30-49-45-26-14-16-28-47(45)53(55(49)54(48)52)43-34-50(38-21-9-3-10-22-38)56-51(35-43)39-23-11-4-12-24-39/h1-35,52-53H. The molecule has 2 unspecified atom stereocenters. The van der Waals surface area contributed by atoms with E-state index >= 15 is 0 Å². The van der Waals surface area contributed by atoms with E-state index < -0.39 is 0 Å². The van der Waals surface area contributed by atoms with Gasteiger partial charge in [0, 0.05) is 23.0 Å². The number of aromatic nitrogens is 1. The predicted octanol–water partition coefficient (Wildman–Crippen LogP) is 14.1. The average Bonchev–Trinajstić information content (AvgIpc) is 3.81. The van der Waals surface area contributed by atoms with Crippen LogP contribution in [0, 0.1) is 0 Å². The van der Waals surface area contributed by atoms with Crippen molar-refractivity contribution in [1.82, 2.24) is 4.98 Å². The Bertz CT molecular complexity index is 2580. The van der Waals surface area contributed by atoms with Crippen molar-refractivity contribution in [2.45, 2.75) is 11.8 Å². The number of nitrogens with zero attached hydrogens (tertiary/aromatic N) is 1. The summed E-state index contributed by atoms with van der Waals surface area (Å²) in [6.07, 6.45) is 0. The molecule has 11 rings (SSSR count). The second-order valence-electron chi connectivity index (χ2n) is 15.0. The zero-order valence-corrected chi connectivity index (χ0v) is 30.8. The smallest absolute Gasteiger partial charge is 0.0712 e. The fourth-order valence-electron chi connectivity index (χ4n) is 9.36. The van der Waals surface area contributed by atoms with Crippen LogP contribution in [0.25, 0.3) is 67.0 Å². The first-order valence-corrected chi connectivity index (χ1v) is 19.5. The van der Waals surface area contributed by atoms with Gasteiger partial charge < -0.3 is 0 Å². The molecule has 0 N–H and O–H groups in total. The first-order chi connectivity index (χ1) is 27.8. The van der Waals surface area contributed by atoms with Crippen LogP contribution in [-0.2, 0) is 0 Å². The van der Waals surface area contributed by atoms with Crippen LogP contribution >= 0.6 is 0 Å². The van der Waals surface area contributed by atoms with E-state index in [1.807, 2.05) is 0 Å². The summed E-state index contributed by atoms with van der Waals surface area (Å²) in [7, 11) is 0. The molecule has 2 aliphatic carbocycles. The van der Waals surface area contributed by atoms with Crippen molar-refractivity contribution in [3.05, 3.63) is 246 Å². The van der Waals surface area contributed by atoms with Crippen LogP contribution < -0.4 is 0 Å². The summed E-state index contributed by atoms with van der Waals surface area (Å²) < 4.78 is 0. The molecule has 0 saturated carbocycles. The highest BCUT2D eigenvalue weighted by Crippen LogP contribution is 2.58. The predicted molar refractivity (Wildman–Crippen MR) is 232 cm³/mol. The molecular weight excluding hydrogens is 675 g/mol. The Balaban J connectivity index is 1.19. The highest BCUT2D eigenvalue weighted by Gasteiger charge is 2.40. The van der Waals surface area contributed by atoms with Crippen molar-refractivity contribution in [3.8, 4) is 67.0 Å². The normalized spacial score (nSPS) is 14.8. The first-order valence-electron chi connectivity index (χ1n) is 19.5. The van der Waals surface area contributed by atoms with Gasteiger partial charge in [0.15, 0.2) is 0 Å². The first kappa shape index (κ1) is 32.3. The van der Waals surface area contributed by atoms with Gasteiger partial charge in [-0.05, 0) is 96.1 Å². The lowest BCUT2D eigenvalue weighted by Gasteiger charge is -2.24. The molecule has 8 aromatic carbocycles. The summed E-state index contributed by atoms with van der Waals surface area (Å²) in [5.41, 5.74) is 22.5. The van der Waals surface area contributed by atoms with Crippen molar-refractivity contribution in [2.24, 2.45) is 0 Å². The van der Waals surface area contributed by atoms with Crippen LogP contribution in [-0.4, -0.2) is 4.98 Å². The summed E-state index contributed by atoms with van der Waals surface area (Å²) in [4.78, 5) is 5.30. The minimum Gasteiger partial charge on any atom is -0.248 e. The Morgan fingerprint density at radius 3 is 1.05 bits per heavy atom.